The van der Waals surface area contributed by atoms with Crippen molar-refractivity contribution >= 4 is 12.0 Å². The van der Waals surface area contributed by atoms with E-state index < -0.39 is 5.97 Å². The number of nitrogens with zero attached hydrogens (tertiary/aromatic N) is 1. The Labute approximate surface area is 194 Å². The number of hydrogen-bond acceptors (Lipinski definition) is 5. The molecule has 0 aromatic heterocycles. The number of urea groups is 1. The van der Waals surface area contributed by atoms with Crippen LogP contribution in [0.25, 0.3) is 11.1 Å². The Morgan fingerprint density at radius 2 is 1.52 bits per heavy atom. The fourth-order valence-electron chi connectivity index (χ4n) is 3.25. The maximum absolute atomic E-state index is 12.2. The molecule has 0 heterocycles. The molecule has 0 saturated carbocycles. The van der Waals surface area contributed by atoms with Gasteiger partial charge in [-0.3, -0.25) is 4.79 Å². The summed E-state index contributed by atoms with van der Waals surface area (Å²) in [6, 6.07) is 25.3. The molecule has 0 unspecified atom stereocenters. The zero-order valence-corrected chi connectivity index (χ0v) is 18.7. The van der Waals surface area contributed by atoms with Crippen LogP contribution in [-0.2, 0) is 22.7 Å². The van der Waals surface area contributed by atoms with Crippen LogP contribution >= 0.6 is 0 Å². The quantitative estimate of drug-likeness (QED) is 0.464. The molecule has 3 aromatic carbocycles. The smallest absolute Gasteiger partial charge is 0.320 e. The number of rotatable bonds is 10. The number of amides is 2. The Hall–Kier alpha value is -3.84. The van der Waals surface area contributed by atoms with Crippen LogP contribution in [0.3, 0.4) is 0 Å². The summed E-state index contributed by atoms with van der Waals surface area (Å²) in [6.07, 6.45) is 0. The molecule has 3 rings (SSSR count). The monoisotopic (exact) mass is 447 g/mol. The molecule has 172 valence electrons. The van der Waals surface area contributed by atoms with E-state index in [9.17, 15) is 9.59 Å². The molecule has 0 aliphatic heterocycles. The number of ether oxygens (including phenoxy) is 2. The van der Waals surface area contributed by atoms with Crippen molar-refractivity contribution in [3.05, 3.63) is 90.0 Å². The molecular weight excluding hydrogens is 418 g/mol. The minimum absolute atomic E-state index is 0.122. The van der Waals surface area contributed by atoms with Crippen molar-refractivity contribution in [1.82, 2.24) is 10.2 Å². The van der Waals surface area contributed by atoms with Gasteiger partial charge in [-0.1, -0.05) is 66.7 Å². The molecule has 0 fully saturated rings. The second-order valence-corrected chi connectivity index (χ2v) is 7.40. The lowest BCUT2D eigenvalue weighted by atomic mass is 10.0. The molecule has 3 N–H and O–H groups in total. The molecule has 0 aliphatic carbocycles. The van der Waals surface area contributed by atoms with Crippen LogP contribution in [0.5, 0.6) is 5.75 Å². The summed E-state index contributed by atoms with van der Waals surface area (Å²) in [5, 5.41) is 2.68. The maximum Gasteiger partial charge on any atom is 0.320 e. The Bertz CT molecular complexity index is 1020. The standard InChI is InChI=1S/C26H29N3O4/c1-28-26(31)29(18-20-5-3-2-4-6-20)15-16-32-24-13-11-23(12-14-24)22-9-7-21(8-10-22)19-33-25(30)17-27/h2-14H,15-19,27H2,1H3,(H,28,31). The predicted molar refractivity (Wildman–Crippen MR) is 128 cm³/mol. The first-order chi connectivity index (χ1) is 16.1. The molecule has 7 nitrogen and oxygen atoms in total. The summed E-state index contributed by atoms with van der Waals surface area (Å²) >= 11 is 0. The molecule has 7 heteroatoms. The molecule has 2 amide bonds. The van der Waals surface area contributed by atoms with E-state index in [1.54, 1.807) is 11.9 Å². The fraction of sp³-hybridized carbons (Fsp3) is 0.231. The maximum atomic E-state index is 12.2. The van der Waals surface area contributed by atoms with Gasteiger partial charge in [0.1, 0.15) is 19.0 Å². The molecule has 0 atom stereocenters. The first kappa shape index (κ1) is 23.8. The number of esters is 1. The Morgan fingerprint density at radius 1 is 0.879 bits per heavy atom. The molecule has 0 saturated heterocycles. The number of carbonyl (C=O) groups is 2. The number of carbonyl (C=O) groups excluding carboxylic acids is 2. The van der Waals surface area contributed by atoms with Gasteiger partial charge in [-0.05, 0) is 34.4 Å². The van der Waals surface area contributed by atoms with Crippen LogP contribution in [-0.4, -0.2) is 43.6 Å². The van der Waals surface area contributed by atoms with E-state index in [2.05, 4.69) is 5.32 Å². The second-order valence-electron chi connectivity index (χ2n) is 7.40. The van der Waals surface area contributed by atoms with E-state index in [0.29, 0.717) is 19.7 Å². The van der Waals surface area contributed by atoms with Crippen LogP contribution < -0.4 is 15.8 Å². The van der Waals surface area contributed by atoms with Crippen LogP contribution in [0.1, 0.15) is 11.1 Å². The lowest BCUT2D eigenvalue weighted by Gasteiger charge is -2.22. The highest BCUT2D eigenvalue weighted by molar-refractivity contribution is 5.73. The Morgan fingerprint density at radius 3 is 2.12 bits per heavy atom. The van der Waals surface area contributed by atoms with Gasteiger partial charge in [-0.25, -0.2) is 4.79 Å². The zero-order chi connectivity index (χ0) is 23.5. The van der Waals surface area contributed by atoms with Gasteiger partial charge < -0.3 is 25.4 Å². The normalized spacial score (nSPS) is 10.4. The highest BCUT2D eigenvalue weighted by Crippen LogP contribution is 2.23. The van der Waals surface area contributed by atoms with E-state index in [1.807, 2.05) is 78.9 Å². The first-order valence-corrected chi connectivity index (χ1v) is 10.8. The van der Waals surface area contributed by atoms with Crippen LogP contribution in [0.2, 0.25) is 0 Å². The Balaban J connectivity index is 1.52. The van der Waals surface area contributed by atoms with Gasteiger partial charge in [0, 0.05) is 13.6 Å². The van der Waals surface area contributed by atoms with Crippen LogP contribution in [0.4, 0.5) is 4.79 Å². The first-order valence-electron chi connectivity index (χ1n) is 10.8. The van der Waals surface area contributed by atoms with E-state index in [4.69, 9.17) is 15.2 Å². The van der Waals surface area contributed by atoms with Crippen molar-refractivity contribution in [2.45, 2.75) is 13.2 Å². The van der Waals surface area contributed by atoms with E-state index >= 15 is 0 Å². The van der Waals surface area contributed by atoms with Gasteiger partial charge >= 0.3 is 12.0 Å². The van der Waals surface area contributed by atoms with Crippen LogP contribution in [0.15, 0.2) is 78.9 Å². The summed E-state index contributed by atoms with van der Waals surface area (Å²) in [7, 11) is 1.62. The van der Waals surface area contributed by atoms with Gasteiger partial charge in [0.15, 0.2) is 0 Å². The highest BCUT2D eigenvalue weighted by Gasteiger charge is 2.12. The summed E-state index contributed by atoms with van der Waals surface area (Å²) in [5.41, 5.74) is 9.29. The molecule has 33 heavy (non-hydrogen) atoms. The van der Waals surface area contributed by atoms with Gasteiger partial charge in [0.25, 0.3) is 0 Å². The van der Waals surface area contributed by atoms with Crippen molar-refractivity contribution < 1.29 is 19.1 Å². The summed E-state index contributed by atoms with van der Waals surface area (Å²) in [5.74, 6) is 0.314. The van der Waals surface area contributed by atoms with Crippen molar-refractivity contribution in [2.75, 3.05) is 26.7 Å². The predicted octanol–water partition coefficient (Wildman–Crippen LogP) is 3.58. The van der Waals surface area contributed by atoms with Crippen molar-refractivity contribution in [3.63, 3.8) is 0 Å². The average Bonchev–Trinajstić information content (AvgIpc) is 2.87. The number of nitrogens with one attached hydrogen (secondary N) is 1. The SMILES string of the molecule is CNC(=O)N(CCOc1ccc(-c2ccc(COC(=O)CN)cc2)cc1)Cc1ccccc1. The molecule has 0 radical (unpaired) electrons. The lowest BCUT2D eigenvalue weighted by molar-refractivity contribution is -0.143. The summed E-state index contributed by atoms with van der Waals surface area (Å²) in [6.45, 7) is 1.45. The fourth-order valence-corrected chi connectivity index (χ4v) is 3.25. The van der Waals surface area contributed by atoms with Gasteiger partial charge in [-0.15, -0.1) is 0 Å². The van der Waals surface area contributed by atoms with Crippen molar-refractivity contribution in [1.29, 1.82) is 0 Å². The number of hydrogen-bond donors (Lipinski definition) is 2. The van der Waals surface area contributed by atoms with E-state index in [0.717, 1.165) is 28.0 Å². The highest BCUT2D eigenvalue weighted by atomic mass is 16.5. The van der Waals surface area contributed by atoms with Gasteiger partial charge in [-0.2, -0.15) is 0 Å². The topological polar surface area (TPSA) is 93.9 Å². The largest absolute Gasteiger partial charge is 0.492 e. The van der Waals surface area contributed by atoms with Crippen molar-refractivity contribution in [2.24, 2.45) is 5.73 Å². The molecule has 3 aromatic rings. The third kappa shape index (κ3) is 7.36. The lowest BCUT2D eigenvalue weighted by Crippen LogP contribution is -2.40. The third-order valence-electron chi connectivity index (χ3n) is 5.06. The van der Waals surface area contributed by atoms with E-state index in [-0.39, 0.29) is 19.2 Å². The van der Waals surface area contributed by atoms with Crippen molar-refractivity contribution in [3.8, 4) is 16.9 Å². The molecular formula is C26H29N3O4. The number of nitrogens with two attached hydrogens (primary N) is 1. The molecule has 0 aliphatic rings. The molecule has 0 bridgehead atoms. The average molecular weight is 448 g/mol. The van der Waals surface area contributed by atoms with Gasteiger partial charge in [0.2, 0.25) is 0 Å². The summed E-state index contributed by atoms with van der Waals surface area (Å²) in [4.78, 5) is 25.1. The second kappa shape index (κ2) is 12.3. The minimum atomic E-state index is -0.423. The van der Waals surface area contributed by atoms with Gasteiger partial charge in [0.05, 0.1) is 13.1 Å². The third-order valence-corrected chi connectivity index (χ3v) is 5.06. The van der Waals surface area contributed by atoms with Crippen LogP contribution in [0, 0.1) is 0 Å². The molecule has 0 spiro atoms. The van der Waals surface area contributed by atoms with E-state index in [1.165, 1.54) is 0 Å². The Kier molecular flexibility index (Phi) is 8.85. The zero-order valence-electron chi connectivity index (χ0n) is 18.7. The minimum Gasteiger partial charge on any atom is -0.492 e. The summed E-state index contributed by atoms with van der Waals surface area (Å²) < 4.78 is 10.9. The number of benzene rings is 3.